The smallest absolute Gasteiger partial charge is 0.264 e. The molecular weight excluding hydrogens is 468 g/mol. The molecule has 9 heteroatoms. The topological polar surface area (TPSA) is 94.2 Å². The number of rotatable bonds is 10. The molecule has 8 nitrogen and oxygen atoms in total. The fraction of sp³-hybridized carbons (Fsp3) is 0.269. The molecule has 0 spiro atoms. The molecule has 3 aromatic carbocycles. The van der Waals surface area contributed by atoms with Crippen LogP contribution in [0.2, 0.25) is 0 Å². The molecule has 1 atom stereocenters. The van der Waals surface area contributed by atoms with E-state index in [4.69, 9.17) is 14.2 Å². The molecule has 186 valence electrons. The zero-order valence-electron chi connectivity index (χ0n) is 20.4. The van der Waals surface area contributed by atoms with Gasteiger partial charge in [-0.25, -0.2) is 8.42 Å². The minimum atomic E-state index is -4.03. The maximum Gasteiger partial charge on any atom is 0.264 e. The third-order valence-electron chi connectivity index (χ3n) is 5.54. The number of hydrogen-bond donors (Lipinski definition) is 1. The molecule has 0 saturated carbocycles. The quantitative estimate of drug-likeness (QED) is 0.452. The summed E-state index contributed by atoms with van der Waals surface area (Å²) in [6.07, 6.45) is 0. The molecule has 0 bridgehead atoms. The number of nitrogens with one attached hydrogen (secondary N) is 1. The molecular formula is C26H30N2O6S. The van der Waals surface area contributed by atoms with E-state index in [9.17, 15) is 13.2 Å². The van der Waals surface area contributed by atoms with Crippen LogP contribution in [0.1, 0.15) is 24.1 Å². The minimum absolute atomic E-state index is 0.0552. The lowest BCUT2D eigenvalue weighted by Gasteiger charge is -2.25. The maximum absolute atomic E-state index is 13.5. The van der Waals surface area contributed by atoms with E-state index >= 15 is 0 Å². The number of carbonyl (C=O) groups is 1. The summed E-state index contributed by atoms with van der Waals surface area (Å²) >= 11 is 0. The van der Waals surface area contributed by atoms with Crippen LogP contribution < -0.4 is 23.8 Å². The number of anilines is 1. The Balaban J connectivity index is 1.87. The van der Waals surface area contributed by atoms with Crippen molar-refractivity contribution in [3.63, 3.8) is 0 Å². The number of amides is 1. The predicted molar refractivity (Wildman–Crippen MR) is 135 cm³/mol. The van der Waals surface area contributed by atoms with Crippen molar-refractivity contribution < 1.29 is 27.4 Å². The van der Waals surface area contributed by atoms with Gasteiger partial charge in [-0.1, -0.05) is 23.8 Å². The van der Waals surface area contributed by atoms with Gasteiger partial charge in [0, 0.05) is 0 Å². The summed E-state index contributed by atoms with van der Waals surface area (Å²) in [4.78, 5) is 13.1. The third-order valence-corrected chi connectivity index (χ3v) is 7.33. The Hall–Kier alpha value is -3.72. The lowest BCUT2D eigenvalue weighted by Crippen LogP contribution is -2.41. The summed E-state index contributed by atoms with van der Waals surface area (Å²) in [6, 6.07) is 18.0. The van der Waals surface area contributed by atoms with E-state index in [1.807, 2.05) is 19.9 Å². The van der Waals surface area contributed by atoms with Gasteiger partial charge in [0.2, 0.25) is 5.91 Å². The van der Waals surface area contributed by atoms with Gasteiger partial charge in [0.25, 0.3) is 10.0 Å². The molecule has 3 aromatic rings. The second-order valence-electron chi connectivity index (χ2n) is 7.93. The molecule has 0 aliphatic heterocycles. The van der Waals surface area contributed by atoms with E-state index in [2.05, 4.69) is 5.32 Å². The van der Waals surface area contributed by atoms with E-state index in [1.54, 1.807) is 55.6 Å². The summed E-state index contributed by atoms with van der Waals surface area (Å²) < 4.78 is 43.9. The summed E-state index contributed by atoms with van der Waals surface area (Å²) in [5.41, 5.74) is 2.15. The molecule has 35 heavy (non-hydrogen) atoms. The van der Waals surface area contributed by atoms with E-state index in [0.29, 0.717) is 22.9 Å². The van der Waals surface area contributed by atoms with Gasteiger partial charge in [-0.05, 0) is 67.9 Å². The molecule has 1 amide bonds. The number of aryl methyl sites for hydroxylation is 1. The van der Waals surface area contributed by atoms with Gasteiger partial charge in [-0.2, -0.15) is 0 Å². The second-order valence-corrected chi connectivity index (χ2v) is 9.79. The van der Waals surface area contributed by atoms with E-state index in [-0.39, 0.29) is 4.90 Å². The van der Waals surface area contributed by atoms with Gasteiger partial charge in [-0.15, -0.1) is 0 Å². The lowest BCUT2D eigenvalue weighted by molar-refractivity contribution is -0.120. The molecule has 0 aliphatic carbocycles. The van der Waals surface area contributed by atoms with Crippen LogP contribution in [0.5, 0.6) is 17.2 Å². The van der Waals surface area contributed by atoms with Crippen LogP contribution in [-0.4, -0.2) is 42.2 Å². The van der Waals surface area contributed by atoms with E-state index < -0.39 is 28.5 Å². The van der Waals surface area contributed by atoms with Gasteiger partial charge >= 0.3 is 0 Å². The first kappa shape index (κ1) is 25.9. The van der Waals surface area contributed by atoms with Crippen molar-refractivity contribution in [1.82, 2.24) is 5.32 Å². The van der Waals surface area contributed by atoms with Crippen LogP contribution in [0, 0.1) is 6.92 Å². The molecule has 0 saturated heterocycles. The zero-order chi connectivity index (χ0) is 25.6. The molecule has 3 rings (SSSR count). The SMILES string of the molecule is COc1ccc(S(=O)(=O)N(CC(=O)N[C@H](C)c2ccc(OC)c(OC)c2)c2ccc(C)cc2)cc1. The third kappa shape index (κ3) is 6.05. The average molecular weight is 499 g/mol. The molecule has 0 unspecified atom stereocenters. The highest BCUT2D eigenvalue weighted by Crippen LogP contribution is 2.30. The molecule has 0 fully saturated rings. The highest BCUT2D eigenvalue weighted by molar-refractivity contribution is 7.92. The summed E-state index contributed by atoms with van der Waals surface area (Å²) in [5, 5.41) is 2.88. The fourth-order valence-electron chi connectivity index (χ4n) is 3.52. The number of nitrogens with zero attached hydrogens (tertiary/aromatic N) is 1. The second kappa shape index (κ2) is 11.1. The van der Waals surface area contributed by atoms with Crippen molar-refractivity contribution in [3.05, 3.63) is 77.9 Å². The number of sulfonamides is 1. The Morgan fingerprint density at radius 2 is 1.51 bits per heavy atom. The zero-order valence-corrected chi connectivity index (χ0v) is 21.3. The van der Waals surface area contributed by atoms with Crippen molar-refractivity contribution in [2.45, 2.75) is 24.8 Å². The molecule has 0 heterocycles. The molecule has 0 aromatic heterocycles. The van der Waals surface area contributed by atoms with Gasteiger partial charge in [-0.3, -0.25) is 9.10 Å². The number of benzene rings is 3. The summed E-state index contributed by atoms with van der Waals surface area (Å²) in [7, 11) is 0.563. The normalized spacial score (nSPS) is 11.9. The Bertz CT molecular complexity index is 1260. The monoisotopic (exact) mass is 498 g/mol. The highest BCUT2D eigenvalue weighted by atomic mass is 32.2. The number of hydrogen-bond acceptors (Lipinski definition) is 6. The molecule has 0 aliphatic rings. The van der Waals surface area contributed by atoms with Gasteiger partial charge in [0.1, 0.15) is 12.3 Å². The first-order valence-corrected chi connectivity index (χ1v) is 12.4. The molecule has 1 N–H and O–H groups in total. The molecule has 0 radical (unpaired) electrons. The van der Waals surface area contributed by atoms with Gasteiger partial charge in [0.15, 0.2) is 11.5 Å². The van der Waals surface area contributed by atoms with Crippen molar-refractivity contribution >= 4 is 21.6 Å². The summed E-state index contributed by atoms with van der Waals surface area (Å²) in [5.74, 6) is 1.19. The Labute approximate surface area is 206 Å². The van der Waals surface area contributed by atoms with Crippen molar-refractivity contribution in [3.8, 4) is 17.2 Å². The van der Waals surface area contributed by atoms with Crippen LogP contribution in [0.25, 0.3) is 0 Å². The van der Waals surface area contributed by atoms with Crippen LogP contribution in [0.15, 0.2) is 71.6 Å². The number of carbonyl (C=O) groups excluding carboxylic acids is 1. The lowest BCUT2D eigenvalue weighted by atomic mass is 10.1. The van der Waals surface area contributed by atoms with Crippen LogP contribution >= 0.6 is 0 Å². The van der Waals surface area contributed by atoms with Crippen LogP contribution in [-0.2, 0) is 14.8 Å². The van der Waals surface area contributed by atoms with Crippen molar-refractivity contribution in [2.24, 2.45) is 0 Å². The highest BCUT2D eigenvalue weighted by Gasteiger charge is 2.28. The summed E-state index contributed by atoms with van der Waals surface area (Å²) in [6.45, 7) is 3.33. The predicted octanol–water partition coefficient (Wildman–Crippen LogP) is 4.09. The maximum atomic E-state index is 13.5. The number of methoxy groups -OCH3 is 3. The van der Waals surface area contributed by atoms with Crippen LogP contribution in [0.4, 0.5) is 5.69 Å². The van der Waals surface area contributed by atoms with E-state index in [0.717, 1.165) is 15.4 Å². The van der Waals surface area contributed by atoms with Crippen molar-refractivity contribution in [1.29, 1.82) is 0 Å². The van der Waals surface area contributed by atoms with Crippen molar-refractivity contribution in [2.75, 3.05) is 32.2 Å². The Morgan fingerprint density at radius 3 is 2.09 bits per heavy atom. The average Bonchev–Trinajstić information content (AvgIpc) is 2.87. The minimum Gasteiger partial charge on any atom is -0.497 e. The first-order chi connectivity index (χ1) is 16.7. The van der Waals surface area contributed by atoms with Gasteiger partial charge in [0.05, 0.1) is 38.0 Å². The first-order valence-electron chi connectivity index (χ1n) is 10.9. The standard InChI is InChI=1S/C26H30N2O6S/c1-18-6-9-21(10-7-18)28(35(30,31)23-13-11-22(32-3)12-14-23)17-26(29)27-19(2)20-8-15-24(33-4)25(16-20)34-5/h6-16,19H,17H2,1-5H3,(H,27,29)/t19-/m1/s1. The largest absolute Gasteiger partial charge is 0.497 e. The van der Waals surface area contributed by atoms with E-state index in [1.165, 1.54) is 26.4 Å². The number of ether oxygens (including phenoxy) is 3. The fourth-order valence-corrected chi connectivity index (χ4v) is 4.95. The van der Waals surface area contributed by atoms with Crippen LogP contribution in [0.3, 0.4) is 0 Å². The van der Waals surface area contributed by atoms with Gasteiger partial charge < -0.3 is 19.5 Å². The Morgan fingerprint density at radius 1 is 0.886 bits per heavy atom. The Kier molecular flexibility index (Phi) is 8.24.